The van der Waals surface area contributed by atoms with Gasteiger partial charge in [0.2, 0.25) is 11.8 Å². The van der Waals surface area contributed by atoms with E-state index in [4.69, 9.17) is 0 Å². The van der Waals surface area contributed by atoms with Crippen molar-refractivity contribution < 1.29 is 19.1 Å². The van der Waals surface area contributed by atoms with E-state index in [1.165, 1.54) is 11.0 Å². The second-order valence-electron chi connectivity index (χ2n) is 12.3. The van der Waals surface area contributed by atoms with Crippen LogP contribution in [0.15, 0.2) is 30.5 Å². The molecule has 0 spiro atoms. The molecule has 1 aliphatic carbocycles. The SMILES string of the molecule is CC(C)(C)[C@@H](C(=O)N1C[C@H](O)C[C@H]1C(=O)NC1CCc2nnc(-c3ccccc3F)n2C1)n1cc(C2CC2)nn1. The van der Waals surface area contributed by atoms with Gasteiger partial charge in [-0.25, -0.2) is 9.07 Å². The lowest BCUT2D eigenvalue weighted by Crippen LogP contribution is -2.53. The molecule has 3 aromatic rings. The van der Waals surface area contributed by atoms with E-state index >= 15 is 0 Å². The van der Waals surface area contributed by atoms with E-state index in [1.54, 1.807) is 22.9 Å². The molecule has 4 heterocycles. The third kappa shape index (κ3) is 5.00. The zero-order chi connectivity index (χ0) is 28.2. The first-order chi connectivity index (χ1) is 19.1. The molecule has 4 atom stereocenters. The van der Waals surface area contributed by atoms with Gasteiger partial charge < -0.3 is 19.9 Å². The van der Waals surface area contributed by atoms with Crippen molar-refractivity contribution in [3.63, 3.8) is 0 Å². The average Bonchev–Trinajstić information content (AvgIpc) is 3.29. The largest absolute Gasteiger partial charge is 0.391 e. The van der Waals surface area contributed by atoms with E-state index in [2.05, 4.69) is 25.8 Å². The second kappa shape index (κ2) is 10.1. The number of hydrogen-bond acceptors (Lipinski definition) is 7. The molecule has 2 aromatic heterocycles. The number of benzene rings is 1. The smallest absolute Gasteiger partial charge is 0.248 e. The fourth-order valence-corrected chi connectivity index (χ4v) is 5.91. The second-order valence-corrected chi connectivity index (χ2v) is 12.3. The Kier molecular flexibility index (Phi) is 6.68. The number of carbonyl (C=O) groups excluding carboxylic acids is 2. The molecule has 0 bridgehead atoms. The number of aliphatic hydroxyl groups is 1. The van der Waals surface area contributed by atoms with Gasteiger partial charge in [-0.2, -0.15) is 0 Å². The highest BCUT2D eigenvalue weighted by atomic mass is 19.1. The minimum atomic E-state index is -0.813. The van der Waals surface area contributed by atoms with E-state index in [-0.39, 0.29) is 36.6 Å². The van der Waals surface area contributed by atoms with Crippen molar-refractivity contribution in [2.45, 2.75) is 89.6 Å². The average molecular weight is 551 g/mol. The number of fused-ring (bicyclic) bond motifs is 1. The summed E-state index contributed by atoms with van der Waals surface area (Å²) in [6, 6.07) is 4.66. The number of halogens is 1. The van der Waals surface area contributed by atoms with E-state index in [9.17, 15) is 19.1 Å². The van der Waals surface area contributed by atoms with Gasteiger partial charge in [-0.1, -0.05) is 38.1 Å². The Morgan fingerprint density at radius 2 is 1.88 bits per heavy atom. The molecule has 3 aliphatic rings. The van der Waals surface area contributed by atoms with Gasteiger partial charge in [0.15, 0.2) is 5.82 Å². The van der Waals surface area contributed by atoms with Gasteiger partial charge in [-0.15, -0.1) is 15.3 Å². The summed E-state index contributed by atoms with van der Waals surface area (Å²) in [4.78, 5) is 29.1. The summed E-state index contributed by atoms with van der Waals surface area (Å²) in [5.74, 6) is 0.599. The molecule has 1 unspecified atom stereocenters. The van der Waals surface area contributed by atoms with Crippen LogP contribution >= 0.6 is 0 Å². The van der Waals surface area contributed by atoms with Gasteiger partial charge in [-0.05, 0) is 36.8 Å². The number of rotatable bonds is 6. The molecule has 1 saturated carbocycles. The van der Waals surface area contributed by atoms with Crippen LogP contribution in [0.1, 0.15) is 69.9 Å². The number of nitrogens with zero attached hydrogens (tertiary/aromatic N) is 7. The Hall–Kier alpha value is -3.67. The fraction of sp³-hybridized carbons (Fsp3) is 0.571. The lowest BCUT2D eigenvalue weighted by Gasteiger charge is -2.35. The van der Waals surface area contributed by atoms with Crippen molar-refractivity contribution in [3.8, 4) is 11.4 Å². The minimum Gasteiger partial charge on any atom is -0.391 e. The van der Waals surface area contributed by atoms with Crippen molar-refractivity contribution in [2.24, 2.45) is 5.41 Å². The van der Waals surface area contributed by atoms with Gasteiger partial charge in [0.25, 0.3) is 0 Å². The van der Waals surface area contributed by atoms with Crippen molar-refractivity contribution >= 4 is 11.8 Å². The Morgan fingerprint density at radius 3 is 2.60 bits per heavy atom. The number of aryl methyl sites for hydroxylation is 1. The van der Waals surface area contributed by atoms with Crippen LogP contribution in [0.3, 0.4) is 0 Å². The molecule has 1 saturated heterocycles. The van der Waals surface area contributed by atoms with E-state index in [1.807, 2.05) is 31.5 Å². The molecule has 6 rings (SSSR count). The van der Waals surface area contributed by atoms with E-state index < -0.39 is 23.6 Å². The van der Waals surface area contributed by atoms with Crippen LogP contribution in [0.2, 0.25) is 0 Å². The molecule has 12 heteroatoms. The summed E-state index contributed by atoms with van der Waals surface area (Å²) in [6.07, 6.45) is 4.56. The molecule has 212 valence electrons. The number of aliphatic hydroxyl groups excluding tert-OH is 1. The highest BCUT2D eigenvalue weighted by Gasteiger charge is 2.46. The van der Waals surface area contributed by atoms with Crippen molar-refractivity contribution in [3.05, 3.63) is 47.8 Å². The Labute approximate surface area is 231 Å². The molecule has 2 N–H and O–H groups in total. The molecule has 2 aliphatic heterocycles. The van der Waals surface area contributed by atoms with Gasteiger partial charge in [0.1, 0.15) is 23.7 Å². The van der Waals surface area contributed by atoms with Gasteiger partial charge in [0.05, 0.1) is 17.4 Å². The first-order valence-electron chi connectivity index (χ1n) is 14.0. The molecular formula is C28H35FN8O3. The predicted molar refractivity (Wildman–Crippen MR) is 142 cm³/mol. The number of amides is 2. The summed E-state index contributed by atoms with van der Waals surface area (Å²) in [5, 5.41) is 30.7. The summed E-state index contributed by atoms with van der Waals surface area (Å²) < 4.78 is 17.9. The van der Waals surface area contributed by atoms with Crippen LogP contribution in [0, 0.1) is 11.2 Å². The summed E-state index contributed by atoms with van der Waals surface area (Å²) in [6.45, 7) is 6.34. The van der Waals surface area contributed by atoms with Gasteiger partial charge >= 0.3 is 0 Å². The number of aromatic nitrogens is 6. The Balaban J connectivity index is 1.19. The lowest BCUT2D eigenvalue weighted by molar-refractivity contribution is -0.144. The zero-order valence-corrected chi connectivity index (χ0v) is 23.0. The first-order valence-corrected chi connectivity index (χ1v) is 14.0. The maximum absolute atomic E-state index is 14.5. The molecule has 11 nitrogen and oxygen atoms in total. The number of nitrogens with one attached hydrogen (secondary N) is 1. The topological polar surface area (TPSA) is 131 Å². The highest BCUT2D eigenvalue weighted by molar-refractivity contribution is 5.90. The van der Waals surface area contributed by atoms with Crippen molar-refractivity contribution in [2.75, 3.05) is 6.54 Å². The maximum Gasteiger partial charge on any atom is 0.248 e. The number of carbonyl (C=O) groups is 2. The zero-order valence-electron chi connectivity index (χ0n) is 23.0. The third-order valence-electron chi connectivity index (χ3n) is 8.12. The lowest BCUT2D eigenvalue weighted by atomic mass is 9.85. The standard InChI is InChI=1S/C28H35FN8O3/c1-28(2,3)24(37-15-21(31-34-37)16-8-9-16)27(40)35-14-18(38)12-22(35)26(39)30-17-10-11-23-32-33-25(36(23)13-17)19-6-4-5-7-20(19)29/h4-7,15-18,22,24,38H,8-14H2,1-3H3,(H,30,39)/t17?,18-,22+,24-/m1/s1. The fourth-order valence-electron chi connectivity index (χ4n) is 5.91. The van der Waals surface area contributed by atoms with Crippen LogP contribution in [-0.4, -0.2) is 76.3 Å². The molecule has 2 amide bonds. The first kappa shape index (κ1) is 26.5. The summed E-state index contributed by atoms with van der Waals surface area (Å²) in [7, 11) is 0. The molecule has 40 heavy (non-hydrogen) atoms. The van der Waals surface area contributed by atoms with Gasteiger partial charge in [0, 0.05) is 44.1 Å². The Bertz CT molecular complexity index is 1420. The van der Waals surface area contributed by atoms with Crippen LogP contribution in [0.25, 0.3) is 11.4 Å². The number of β-amino-alcohol motifs (C(OH)–C–C–N with tert-alkyl or cyclic N) is 1. The minimum absolute atomic E-state index is 0.0748. The number of likely N-dealkylation sites (tertiary alicyclic amines) is 1. The molecule has 0 radical (unpaired) electrons. The number of hydrogen-bond donors (Lipinski definition) is 2. The third-order valence-corrected chi connectivity index (χ3v) is 8.12. The molecule has 2 fully saturated rings. The quantitative estimate of drug-likeness (QED) is 0.481. The Morgan fingerprint density at radius 1 is 1.10 bits per heavy atom. The van der Waals surface area contributed by atoms with E-state index in [0.717, 1.165) is 24.4 Å². The van der Waals surface area contributed by atoms with Crippen LogP contribution in [0.4, 0.5) is 4.39 Å². The predicted octanol–water partition coefficient (Wildman–Crippen LogP) is 2.23. The van der Waals surface area contributed by atoms with Crippen molar-refractivity contribution in [1.82, 2.24) is 40.0 Å². The van der Waals surface area contributed by atoms with Crippen LogP contribution in [0.5, 0.6) is 0 Å². The summed E-state index contributed by atoms with van der Waals surface area (Å²) in [5.41, 5.74) is 0.741. The maximum atomic E-state index is 14.5. The van der Waals surface area contributed by atoms with Crippen LogP contribution < -0.4 is 5.32 Å². The van der Waals surface area contributed by atoms with Gasteiger partial charge in [-0.3, -0.25) is 9.59 Å². The monoisotopic (exact) mass is 550 g/mol. The molecular weight excluding hydrogens is 515 g/mol. The highest BCUT2D eigenvalue weighted by Crippen LogP contribution is 2.40. The van der Waals surface area contributed by atoms with E-state index in [0.29, 0.717) is 36.7 Å². The van der Waals surface area contributed by atoms with Crippen molar-refractivity contribution in [1.29, 1.82) is 0 Å². The molecule has 1 aromatic carbocycles. The normalized spacial score (nSPS) is 23.6. The summed E-state index contributed by atoms with van der Waals surface area (Å²) >= 11 is 0. The van der Waals surface area contributed by atoms with Crippen LogP contribution in [-0.2, 0) is 22.6 Å².